The van der Waals surface area contributed by atoms with E-state index in [2.05, 4.69) is 24.8 Å². The molecule has 18 heteroatoms. The normalized spacial score (nSPS) is 23.1. The number of phosphoric acid groups is 1. The van der Waals surface area contributed by atoms with Crippen molar-refractivity contribution in [3.05, 3.63) is 12.7 Å². The molecule has 3 rings (SSSR count). The van der Waals surface area contributed by atoms with Crippen LogP contribution in [-0.2, 0) is 18.6 Å². The Morgan fingerprint density at radius 2 is 2.06 bits per heavy atom. The van der Waals surface area contributed by atoms with Crippen LogP contribution in [0.3, 0.4) is 0 Å². The Bertz CT molecular complexity index is 1010. The third kappa shape index (κ3) is 8.32. The Morgan fingerprint density at radius 3 is 2.63 bits per heavy atom. The van der Waals surface area contributed by atoms with E-state index in [9.17, 15) is 24.7 Å². The zero-order chi connectivity index (χ0) is 26.2. The number of hydrogen-bond donors (Lipinski definition) is 8. The van der Waals surface area contributed by atoms with Gasteiger partial charge in [0.2, 0.25) is 0 Å². The maximum Gasteiger partial charge on any atom is 0.469 e. The van der Waals surface area contributed by atoms with E-state index in [1.165, 1.54) is 17.2 Å². The zero-order valence-electron chi connectivity index (χ0n) is 18.7. The van der Waals surface area contributed by atoms with Crippen molar-refractivity contribution in [1.82, 2.24) is 24.8 Å². The number of carboxylic acids is 1. The molecule has 0 aromatic carbocycles. The number of carbonyl (C=O) groups is 1. The highest BCUT2D eigenvalue weighted by molar-refractivity contribution is 7.98. The van der Waals surface area contributed by atoms with Gasteiger partial charge in [-0.05, 0) is 18.4 Å². The third-order valence-electron chi connectivity index (χ3n) is 4.85. The van der Waals surface area contributed by atoms with Gasteiger partial charge in [-0.3, -0.25) is 13.9 Å². The lowest BCUT2D eigenvalue weighted by atomic mass is 10.1. The molecule has 0 unspecified atom stereocenters. The Hall–Kier alpha value is -1.92. The number of imidazole rings is 1. The van der Waals surface area contributed by atoms with Crippen LogP contribution in [0.2, 0.25) is 0 Å². The smallest absolute Gasteiger partial charge is 0.469 e. The fraction of sp³-hybridized carbons (Fsp3) is 0.647. The first-order valence-corrected chi connectivity index (χ1v) is 13.2. The van der Waals surface area contributed by atoms with Crippen molar-refractivity contribution >= 4 is 42.5 Å². The molecule has 2 aromatic rings. The van der Waals surface area contributed by atoms with Gasteiger partial charge in [-0.25, -0.2) is 19.5 Å². The number of carboxylic acid groups (broad SMARTS) is 1. The zero-order valence-corrected chi connectivity index (χ0v) is 20.5. The van der Waals surface area contributed by atoms with Crippen molar-refractivity contribution in [2.24, 2.45) is 5.73 Å². The van der Waals surface area contributed by atoms with Crippen LogP contribution in [0.1, 0.15) is 12.6 Å². The molecule has 2 aromatic heterocycles. The van der Waals surface area contributed by atoms with E-state index in [1.807, 2.05) is 6.26 Å². The van der Waals surface area contributed by atoms with Crippen LogP contribution in [0.5, 0.6) is 0 Å². The summed E-state index contributed by atoms with van der Waals surface area (Å²) in [6, 6.07) is -0.758. The van der Waals surface area contributed by atoms with Crippen LogP contribution in [0.4, 0.5) is 5.82 Å². The van der Waals surface area contributed by atoms with E-state index in [0.29, 0.717) is 23.3 Å². The van der Waals surface area contributed by atoms with Gasteiger partial charge in [-0.2, -0.15) is 11.8 Å². The van der Waals surface area contributed by atoms with Crippen molar-refractivity contribution in [2.75, 3.05) is 37.4 Å². The minimum absolute atomic E-state index is 0.0732. The molecule has 0 radical (unpaired) electrons. The van der Waals surface area contributed by atoms with E-state index in [-0.39, 0.29) is 25.5 Å². The molecule has 16 nitrogen and oxygen atoms in total. The molecule has 1 saturated heterocycles. The lowest BCUT2D eigenvalue weighted by Crippen LogP contribution is -2.44. The van der Waals surface area contributed by atoms with Gasteiger partial charge in [0.25, 0.3) is 0 Å². The Balaban J connectivity index is 0.000000466. The average molecular weight is 540 g/mol. The molecule has 1 aliphatic heterocycles. The number of fused-ring (bicyclic) bond motifs is 1. The Kier molecular flexibility index (Phi) is 11.2. The summed E-state index contributed by atoms with van der Waals surface area (Å²) in [7, 11) is -4.26. The summed E-state index contributed by atoms with van der Waals surface area (Å²) >= 11 is 1.55. The number of aliphatic hydroxyl groups excluding tert-OH is 2. The number of anilines is 1. The molecular formula is C17H30N7O9PS. The molecule has 3 heterocycles. The number of aliphatic hydroxyl groups is 2. The number of nitrogens with zero attached hydrogens (tertiary/aromatic N) is 4. The Morgan fingerprint density at radius 1 is 1.34 bits per heavy atom. The fourth-order valence-corrected chi connectivity index (χ4v) is 3.98. The van der Waals surface area contributed by atoms with Crippen molar-refractivity contribution < 1.29 is 43.7 Å². The van der Waals surface area contributed by atoms with Gasteiger partial charge in [0.15, 0.2) is 17.7 Å². The number of aliphatic carboxylic acids is 1. The largest absolute Gasteiger partial charge is 0.480 e. The first kappa shape index (κ1) is 29.3. The number of nitrogens with two attached hydrogens (primary N) is 2. The van der Waals surface area contributed by atoms with Crippen molar-refractivity contribution in [3.63, 3.8) is 0 Å². The second-order valence-electron chi connectivity index (χ2n) is 7.32. The van der Waals surface area contributed by atoms with Gasteiger partial charge in [-0.1, -0.05) is 0 Å². The molecule has 35 heavy (non-hydrogen) atoms. The van der Waals surface area contributed by atoms with Gasteiger partial charge in [0, 0.05) is 13.1 Å². The molecule has 5 atom stereocenters. The molecule has 0 saturated carbocycles. The number of rotatable bonds is 11. The standard InChI is InChI=1S/C15H22N6O5S.C2H8NO4P/c1-27-3-2-7(15(24)25)17-4-8-10(22)11(23)14(26-8)21-6-20-9-12(16)18-5-19-13(9)21;3-1-2-7-8(4,5)6/h5-8,10-11,14,17,22-23H,2-4H2,1H3,(H,24,25)(H2,16,18,19);1-3H2,(H2,4,5,6)/t7-,8+,10+,11+,14+;/m0./s1. The molecule has 0 bridgehead atoms. The number of hydrogen-bond acceptors (Lipinski definition) is 13. The van der Waals surface area contributed by atoms with Crippen LogP contribution in [0, 0.1) is 0 Å². The second-order valence-corrected chi connectivity index (χ2v) is 9.55. The van der Waals surface area contributed by atoms with Crippen LogP contribution in [0.15, 0.2) is 12.7 Å². The fourth-order valence-electron chi connectivity index (χ4n) is 3.16. The SMILES string of the molecule is CSCC[C@H](NC[C@H]1O[C@@H](n2cnc3c(N)ncnc32)[C@H](O)[C@@H]1O)C(=O)O.NCCOP(=O)(O)O. The highest BCUT2D eigenvalue weighted by atomic mass is 32.2. The first-order chi connectivity index (χ1) is 16.5. The summed E-state index contributed by atoms with van der Waals surface area (Å²) in [5.41, 5.74) is 11.4. The van der Waals surface area contributed by atoms with E-state index >= 15 is 0 Å². The maximum absolute atomic E-state index is 11.3. The first-order valence-electron chi connectivity index (χ1n) is 10.3. The topological polar surface area (TPSA) is 261 Å². The van der Waals surface area contributed by atoms with Crippen LogP contribution < -0.4 is 16.8 Å². The summed E-state index contributed by atoms with van der Waals surface area (Å²) in [6.45, 7) is 0.0826. The molecule has 198 valence electrons. The van der Waals surface area contributed by atoms with Crippen molar-refractivity contribution in [3.8, 4) is 0 Å². The number of ether oxygens (including phenoxy) is 1. The van der Waals surface area contributed by atoms with Gasteiger partial charge >= 0.3 is 13.8 Å². The lowest BCUT2D eigenvalue weighted by Gasteiger charge is -2.19. The minimum Gasteiger partial charge on any atom is -0.480 e. The summed E-state index contributed by atoms with van der Waals surface area (Å²) < 4.78 is 21.0. The van der Waals surface area contributed by atoms with Crippen LogP contribution in [0.25, 0.3) is 11.2 Å². The van der Waals surface area contributed by atoms with Gasteiger partial charge in [-0.15, -0.1) is 0 Å². The minimum atomic E-state index is -4.26. The number of nitrogen functional groups attached to an aromatic ring is 1. The van der Waals surface area contributed by atoms with E-state index < -0.39 is 44.4 Å². The predicted molar refractivity (Wildman–Crippen MR) is 125 cm³/mol. The highest BCUT2D eigenvalue weighted by Gasteiger charge is 2.44. The van der Waals surface area contributed by atoms with E-state index in [1.54, 1.807) is 11.8 Å². The molecule has 0 spiro atoms. The molecule has 1 fully saturated rings. The Labute approximate surface area is 204 Å². The molecule has 1 aliphatic rings. The predicted octanol–water partition coefficient (Wildman–Crippen LogP) is -2.12. The van der Waals surface area contributed by atoms with Crippen LogP contribution >= 0.6 is 19.6 Å². The van der Waals surface area contributed by atoms with Crippen molar-refractivity contribution in [1.29, 1.82) is 0 Å². The monoisotopic (exact) mass is 539 g/mol. The average Bonchev–Trinajstić information content (AvgIpc) is 3.34. The summed E-state index contributed by atoms with van der Waals surface area (Å²) in [4.78, 5) is 39.4. The molecule has 0 aliphatic carbocycles. The second kappa shape index (κ2) is 13.4. The summed E-state index contributed by atoms with van der Waals surface area (Å²) in [5.74, 6) is -0.0876. The van der Waals surface area contributed by atoms with Crippen LogP contribution in [-0.4, -0.2) is 107 Å². The molecule has 0 amide bonds. The quantitative estimate of drug-likeness (QED) is 0.142. The summed E-state index contributed by atoms with van der Waals surface area (Å²) in [5, 5.41) is 32.9. The number of phosphoric ester groups is 1. The van der Waals surface area contributed by atoms with Gasteiger partial charge in [0.05, 0.1) is 12.9 Å². The number of nitrogens with one attached hydrogen (secondary N) is 1. The molecule has 10 N–H and O–H groups in total. The molecular weight excluding hydrogens is 509 g/mol. The van der Waals surface area contributed by atoms with E-state index in [0.717, 1.165) is 0 Å². The van der Waals surface area contributed by atoms with Gasteiger partial charge in [0.1, 0.15) is 36.2 Å². The third-order valence-corrected chi connectivity index (χ3v) is 6.01. The number of aromatic nitrogens is 4. The number of thioether (sulfide) groups is 1. The van der Waals surface area contributed by atoms with Gasteiger partial charge < -0.3 is 46.6 Å². The summed E-state index contributed by atoms with van der Waals surface area (Å²) in [6.07, 6.45) is 0.858. The lowest BCUT2D eigenvalue weighted by molar-refractivity contribution is -0.139. The van der Waals surface area contributed by atoms with E-state index in [4.69, 9.17) is 26.0 Å². The maximum atomic E-state index is 11.3. The van der Waals surface area contributed by atoms with Crippen molar-refractivity contribution in [2.45, 2.75) is 37.0 Å². The highest BCUT2D eigenvalue weighted by Crippen LogP contribution is 2.35.